The highest BCUT2D eigenvalue weighted by molar-refractivity contribution is 4.88. The average Bonchev–Trinajstić information content (AvgIpc) is 3.00. The van der Waals surface area contributed by atoms with Crippen LogP contribution >= 0.6 is 0 Å². The second-order valence-corrected chi connectivity index (χ2v) is 4.79. The maximum atomic E-state index is 8.98. The molecule has 0 aliphatic heterocycles. The molecular weight excluding hydrogens is 176 g/mol. The van der Waals surface area contributed by atoms with Gasteiger partial charge in [0.2, 0.25) is 0 Å². The Morgan fingerprint density at radius 1 is 1.50 bits per heavy atom. The summed E-state index contributed by atoms with van der Waals surface area (Å²) in [6, 6.07) is 0.722. The molecule has 0 spiro atoms. The van der Waals surface area contributed by atoms with Crippen molar-refractivity contribution in [2.75, 3.05) is 26.2 Å². The highest BCUT2D eigenvalue weighted by atomic mass is 16.3. The Morgan fingerprint density at radius 2 is 2.14 bits per heavy atom. The van der Waals surface area contributed by atoms with Gasteiger partial charge in [0.1, 0.15) is 0 Å². The zero-order chi connectivity index (χ0) is 10.6. The van der Waals surface area contributed by atoms with E-state index in [-0.39, 0.29) is 12.0 Å². The van der Waals surface area contributed by atoms with Crippen LogP contribution in [0.4, 0.5) is 0 Å². The van der Waals surface area contributed by atoms with Gasteiger partial charge in [0.15, 0.2) is 0 Å². The number of nitrogens with zero attached hydrogens (tertiary/aromatic N) is 1. The second-order valence-electron chi connectivity index (χ2n) is 4.79. The molecule has 0 aromatic rings. The zero-order valence-electron chi connectivity index (χ0n) is 9.50. The monoisotopic (exact) mass is 200 g/mol. The molecule has 0 aromatic carbocycles. The third kappa shape index (κ3) is 3.23. The average molecular weight is 200 g/mol. The van der Waals surface area contributed by atoms with Crippen molar-refractivity contribution in [1.82, 2.24) is 4.90 Å². The van der Waals surface area contributed by atoms with Gasteiger partial charge in [-0.25, -0.2) is 0 Å². The molecule has 1 atom stereocenters. The van der Waals surface area contributed by atoms with E-state index < -0.39 is 0 Å². The fourth-order valence-corrected chi connectivity index (χ4v) is 1.77. The maximum absolute atomic E-state index is 8.98. The Morgan fingerprint density at radius 3 is 2.50 bits per heavy atom. The molecule has 1 unspecified atom stereocenters. The molecule has 0 aromatic heterocycles. The summed E-state index contributed by atoms with van der Waals surface area (Å²) in [6.07, 6.45) is 3.70. The van der Waals surface area contributed by atoms with Crippen molar-refractivity contribution >= 4 is 0 Å². The van der Waals surface area contributed by atoms with Crippen LogP contribution in [-0.4, -0.2) is 42.3 Å². The summed E-state index contributed by atoms with van der Waals surface area (Å²) in [5.74, 6) is 0. The molecule has 1 aliphatic rings. The van der Waals surface area contributed by atoms with Crippen LogP contribution in [0.15, 0.2) is 0 Å². The first kappa shape index (κ1) is 12.0. The molecule has 1 aliphatic carbocycles. The Balaban J connectivity index is 2.43. The molecule has 1 rings (SSSR count). The van der Waals surface area contributed by atoms with Gasteiger partial charge in [-0.05, 0) is 31.2 Å². The molecule has 0 saturated heterocycles. The van der Waals surface area contributed by atoms with Gasteiger partial charge in [0.25, 0.3) is 0 Å². The van der Waals surface area contributed by atoms with E-state index in [0.29, 0.717) is 0 Å². The predicted molar refractivity (Wildman–Crippen MR) is 59.1 cm³/mol. The fraction of sp³-hybridized carbons (Fsp3) is 1.00. The molecule has 0 radical (unpaired) electrons. The summed E-state index contributed by atoms with van der Waals surface area (Å²) < 4.78 is 0. The van der Waals surface area contributed by atoms with Gasteiger partial charge < -0.3 is 10.8 Å². The van der Waals surface area contributed by atoms with Crippen molar-refractivity contribution < 1.29 is 5.11 Å². The van der Waals surface area contributed by atoms with Crippen LogP contribution < -0.4 is 5.73 Å². The third-order valence-corrected chi connectivity index (χ3v) is 3.38. The number of rotatable bonds is 7. The van der Waals surface area contributed by atoms with Crippen molar-refractivity contribution in [3.8, 4) is 0 Å². The lowest BCUT2D eigenvalue weighted by molar-refractivity contribution is 0.128. The fourth-order valence-electron chi connectivity index (χ4n) is 1.77. The SMILES string of the molecule is CCC(C)(CN)CN(CCO)C1CC1. The normalized spacial score (nSPS) is 21.2. The molecule has 1 fully saturated rings. The first-order valence-corrected chi connectivity index (χ1v) is 5.70. The summed E-state index contributed by atoms with van der Waals surface area (Å²) in [5.41, 5.74) is 6.01. The lowest BCUT2D eigenvalue weighted by atomic mass is 9.87. The topological polar surface area (TPSA) is 49.5 Å². The van der Waals surface area contributed by atoms with E-state index in [0.717, 1.165) is 32.1 Å². The van der Waals surface area contributed by atoms with E-state index in [1.165, 1.54) is 12.8 Å². The van der Waals surface area contributed by atoms with E-state index in [1.54, 1.807) is 0 Å². The van der Waals surface area contributed by atoms with Gasteiger partial charge in [-0.1, -0.05) is 13.8 Å². The highest BCUT2D eigenvalue weighted by Gasteiger charge is 2.33. The van der Waals surface area contributed by atoms with Crippen molar-refractivity contribution in [3.63, 3.8) is 0 Å². The van der Waals surface area contributed by atoms with Crippen molar-refractivity contribution in [3.05, 3.63) is 0 Å². The first-order valence-electron chi connectivity index (χ1n) is 5.70. The molecule has 3 heteroatoms. The summed E-state index contributed by atoms with van der Waals surface area (Å²) in [4.78, 5) is 2.40. The van der Waals surface area contributed by atoms with Crippen molar-refractivity contribution in [2.45, 2.75) is 39.2 Å². The first-order chi connectivity index (χ1) is 6.65. The number of aliphatic hydroxyl groups excluding tert-OH is 1. The van der Waals surface area contributed by atoms with E-state index in [9.17, 15) is 0 Å². The van der Waals surface area contributed by atoms with Crippen LogP contribution in [0.5, 0.6) is 0 Å². The minimum atomic E-state index is 0.220. The number of hydrogen-bond donors (Lipinski definition) is 2. The molecule has 1 saturated carbocycles. The summed E-state index contributed by atoms with van der Waals surface area (Å²) in [6.45, 7) is 7.27. The van der Waals surface area contributed by atoms with Gasteiger partial charge in [-0.2, -0.15) is 0 Å². The molecule has 14 heavy (non-hydrogen) atoms. The van der Waals surface area contributed by atoms with Gasteiger partial charge >= 0.3 is 0 Å². The van der Waals surface area contributed by atoms with Crippen LogP contribution in [0.25, 0.3) is 0 Å². The van der Waals surface area contributed by atoms with Crippen LogP contribution in [0.3, 0.4) is 0 Å². The van der Waals surface area contributed by atoms with Crippen LogP contribution in [0.2, 0.25) is 0 Å². The number of nitrogens with two attached hydrogens (primary N) is 1. The zero-order valence-corrected chi connectivity index (χ0v) is 9.50. The molecule has 84 valence electrons. The van der Waals surface area contributed by atoms with E-state index in [4.69, 9.17) is 10.8 Å². The maximum Gasteiger partial charge on any atom is 0.0558 e. The Labute approximate surface area is 87.3 Å². The summed E-state index contributed by atoms with van der Waals surface area (Å²) in [5, 5.41) is 8.98. The quantitative estimate of drug-likeness (QED) is 0.639. The molecule has 0 heterocycles. The molecule has 0 amide bonds. The van der Waals surface area contributed by atoms with Crippen LogP contribution in [0.1, 0.15) is 33.1 Å². The van der Waals surface area contributed by atoms with E-state index >= 15 is 0 Å². The van der Waals surface area contributed by atoms with E-state index in [1.807, 2.05) is 0 Å². The van der Waals surface area contributed by atoms with Crippen LogP contribution in [0, 0.1) is 5.41 Å². The van der Waals surface area contributed by atoms with Crippen molar-refractivity contribution in [2.24, 2.45) is 11.1 Å². The highest BCUT2D eigenvalue weighted by Crippen LogP contribution is 2.30. The lowest BCUT2D eigenvalue weighted by Crippen LogP contribution is -2.42. The molecular formula is C11H24N2O. The Bertz CT molecular complexity index is 165. The van der Waals surface area contributed by atoms with Crippen molar-refractivity contribution in [1.29, 1.82) is 0 Å². The number of aliphatic hydroxyl groups is 1. The largest absolute Gasteiger partial charge is 0.395 e. The lowest BCUT2D eigenvalue weighted by Gasteiger charge is -2.33. The standard InChI is InChI=1S/C11H24N2O/c1-3-11(2,8-12)9-13(6-7-14)10-4-5-10/h10,14H,3-9,12H2,1-2H3. The van der Waals surface area contributed by atoms with Gasteiger partial charge in [-0.3, -0.25) is 4.90 Å². The second kappa shape index (κ2) is 5.10. The van der Waals surface area contributed by atoms with E-state index in [2.05, 4.69) is 18.7 Å². The van der Waals surface area contributed by atoms with Gasteiger partial charge in [0.05, 0.1) is 6.61 Å². The van der Waals surface area contributed by atoms with Gasteiger partial charge in [-0.15, -0.1) is 0 Å². The minimum absolute atomic E-state index is 0.220. The third-order valence-electron chi connectivity index (χ3n) is 3.38. The molecule has 3 nitrogen and oxygen atoms in total. The molecule has 3 N–H and O–H groups in total. The number of hydrogen-bond acceptors (Lipinski definition) is 3. The minimum Gasteiger partial charge on any atom is -0.395 e. The molecule has 0 bridgehead atoms. The predicted octanol–water partition coefficient (Wildman–Crippen LogP) is 0.818. The smallest absolute Gasteiger partial charge is 0.0558 e. The summed E-state index contributed by atoms with van der Waals surface area (Å²) in [7, 11) is 0. The van der Waals surface area contributed by atoms with Gasteiger partial charge in [0, 0.05) is 19.1 Å². The van der Waals surface area contributed by atoms with Crippen LogP contribution in [-0.2, 0) is 0 Å². The summed E-state index contributed by atoms with van der Waals surface area (Å²) >= 11 is 0. The Hall–Kier alpha value is -0.120. The Kier molecular flexibility index (Phi) is 4.35.